The lowest BCUT2D eigenvalue weighted by Gasteiger charge is -2.16. The molecule has 3 N–H and O–H groups in total. The van der Waals surface area contributed by atoms with Gasteiger partial charge in [0.25, 0.3) is 0 Å². The summed E-state index contributed by atoms with van der Waals surface area (Å²) in [7, 11) is 0. The fourth-order valence-electron chi connectivity index (χ4n) is 1.18. The van der Waals surface area contributed by atoms with E-state index in [4.69, 9.17) is 5.73 Å². The Labute approximate surface area is 95.2 Å². The number of hydrogen-bond acceptors (Lipinski definition) is 4. The van der Waals surface area contributed by atoms with E-state index in [1.807, 2.05) is 13.8 Å². The summed E-state index contributed by atoms with van der Waals surface area (Å²) in [6.45, 7) is 6.06. The predicted octanol–water partition coefficient (Wildman–Crippen LogP) is 0.213. The molecular weight excluding hydrogens is 206 g/mol. The third-order valence-corrected chi connectivity index (χ3v) is 2.52. The molecular formula is C10H19N5O. The minimum atomic E-state index is -0.359. The fourth-order valence-corrected chi connectivity index (χ4v) is 1.18. The van der Waals surface area contributed by atoms with Gasteiger partial charge in [0.2, 0.25) is 5.91 Å². The number of hydrogen-bond donors (Lipinski definition) is 2. The molecule has 0 aromatic carbocycles. The van der Waals surface area contributed by atoms with E-state index in [-0.39, 0.29) is 24.5 Å². The third kappa shape index (κ3) is 3.03. The first-order chi connectivity index (χ1) is 7.58. The van der Waals surface area contributed by atoms with E-state index >= 15 is 0 Å². The maximum absolute atomic E-state index is 11.8. The van der Waals surface area contributed by atoms with Gasteiger partial charge in [0.15, 0.2) is 5.82 Å². The zero-order chi connectivity index (χ0) is 12.1. The van der Waals surface area contributed by atoms with Crippen molar-refractivity contribution < 1.29 is 4.79 Å². The van der Waals surface area contributed by atoms with Gasteiger partial charge in [0.1, 0.15) is 12.4 Å². The van der Waals surface area contributed by atoms with Gasteiger partial charge in [-0.1, -0.05) is 6.92 Å². The molecule has 0 saturated carbocycles. The number of nitrogens with zero attached hydrogens (tertiary/aromatic N) is 3. The zero-order valence-electron chi connectivity index (χ0n) is 9.97. The van der Waals surface area contributed by atoms with Crippen LogP contribution in [0.1, 0.15) is 39.1 Å². The Morgan fingerprint density at radius 1 is 1.62 bits per heavy atom. The molecule has 0 radical (unpaired) electrons. The lowest BCUT2D eigenvalue weighted by Crippen LogP contribution is -2.37. The van der Waals surface area contributed by atoms with Crippen LogP contribution >= 0.6 is 0 Å². The number of amides is 1. The van der Waals surface area contributed by atoms with Crippen LogP contribution < -0.4 is 11.1 Å². The van der Waals surface area contributed by atoms with E-state index in [2.05, 4.69) is 15.4 Å². The van der Waals surface area contributed by atoms with E-state index in [1.54, 1.807) is 6.92 Å². The molecule has 1 amide bonds. The molecule has 0 aliphatic rings. The molecule has 2 unspecified atom stereocenters. The van der Waals surface area contributed by atoms with Gasteiger partial charge in [-0.05, 0) is 20.3 Å². The molecule has 90 valence electrons. The van der Waals surface area contributed by atoms with Crippen molar-refractivity contribution in [2.24, 2.45) is 5.73 Å². The maximum Gasteiger partial charge on any atom is 0.244 e. The van der Waals surface area contributed by atoms with Gasteiger partial charge < -0.3 is 11.1 Å². The number of carbonyl (C=O) groups is 1. The van der Waals surface area contributed by atoms with Crippen LogP contribution in [0.25, 0.3) is 0 Å². The van der Waals surface area contributed by atoms with Crippen molar-refractivity contribution in [2.45, 2.75) is 45.8 Å². The minimum Gasteiger partial charge on any atom is -0.352 e. The average Bonchev–Trinajstić information content (AvgIpc) is 2.76. The van der Waals surface area contributed by atoms with Crippen molar-refractivity contribution >= 4 is 5.91 Å². The van der Waals surface area contributed by atoms with Gasteiger partial charge in [-0.15, -0.1) is 0 Å². The maximum atomic E-state index is 11.8. The highest BCUT2D eigenvalue weighted by atomic mass is 16.2. The second kappa shape index (κ2) is 5.60. The van der Waals surface area contributed by atoms with Crippen molar-refractivity contribution in [1.29, 1.82) is 0 Å². The monoisotopic (exact) mass is 225 g/mol. The first-order valence-electron chi connectivity index (χ1n) is 5.49. The first kappa shape index (κ1) is 12.6. The fraction of sp³-hybridized carbons (Fsp3) is 0.700. The second-order valence-corrected chi connectivity index (χ2v) is 3.84. The van der Waals surface area contributed by atoms with Gasteiger partial charge >= 0.3 is 0 Å². The van der Waals surface area contributed by atoms with E-state index in [0.29, 0.717) is 5.82 Å². The summed E-state index contributed by atoms with van der Waals surface area (Å²) in [6.07, 6.45) is 2.44. The molecule has 1 aromatic heterocycles. The van der Waals surface area contributed by atoms with E-state index in [9.17, 15) is 4.79 Å². The van der Waals surface area contributed by atoms with Gasteiger partial charge in [0, 0.05) is 6.04 Å². The van der Waals surface area contributed by atoms with Crippen LogP contribution in [0.15, 0.2) is 6.33 Å². The second-order valence-electron chi connectivity index (χ2n) is 3.84. The Balaban J connectivity index is 2.62. The summed E-state index contributed by atoms with van der Waals surface area (Å²) in [5.41, 5.74) is 5.40. The van der Waals surface area contributed by atoms with Crippen LogP contribution in [0.5, 0.6) is 0 Å². The number of carbonyl (C=O) groups excluding carboxylic acids is 1. The summed E-state index contributed by atoms with van der Waals surface area (Å²) >= 11 is 0. The smallest absolute Gasteiger partial charge is 0.244 e. The topological polar surface area (TPSA) is 85.8 Å². The summed E-state index contributed by atoms with van der Waals surface area (Å²) in [4.78, 5) is 15.8. The Kier molecular flexibility index (Phi) is 4.42. The largest absolute Gasteiger partial charge is 0.352 e. The molecule has 2 atom stereocenters. The minimum absolute atomic E-state index is 0.0529. The van der Waals surface area contributed by atoms with Crippen molar-refractivity contribution in [3.05, 3.63) is 12.2 Å². The van der Waals surface area contributed by atoms with E-state index in [1.165, 1.54) is 11.0 Å². The highest BCUT2D eigenvalue weighted by molar-refractivity contribution is 5.79. The lowest BCUT2D eigenvalue weighted by molar-refractivity contribution is -0.124. The molecule has 1 rings (SSSR count). The average molecular weight is 225 g/mol. The van der Waals surface area contributed by atoms with Crippen LogP contribution in [0.3, 0.4) is 0 Å². The summed E-state index contributed by atoms with van der Waals surface area (Å²) in [5.74, 6) is 0.492. The number of aromatic nitrogens is 3. The Morgan fingerprint density at radius 3 is 2.81 bits per heavy atom. The molecule has 0 spiro atoms. The van der Waals surface area contributed by atoms with Crippen LogP contribution in [0.2, 0.25) is 0 Å². The lowest BCUT2D eigenvalue weighted by atomic mass is 10.2. The molecule has 6 nitrogen and oxygen atoms in total. The Bertz CT molecular complexity index is 349. The number of nitrogens with one attached hydrogen (secondary N) is 1. The number of nitrogens with two attached hydrogens (primary N) is 1. The van der Waals surface area contributed by atoms with Gasteiger partial charge in [0.05, 0.1) is 6.54 Å². The summed E-state index contributed by atoms with van der Waals surface area (Å²) < 4.78 is 1.53. The third-order valence-electron chi connectivity index (χ3n) is 2.52. The van der Waals surface area contributed by atoms with Gasteiger partial charge in [-0.2, -0.15) is 5.10 Å². The normalized spacial score (nSPS) is 14.5. The Hall–Kier alpha value is -1.43. The molecule has 6 heteroatoms. The molecule has 0 saturated heterocycles. The molecule has 16 heavy (non-hydrogen) atoms. The molecule has 1 heterocycles. The molecule has 0 aliphatic heterocycles. The highest BCUT2D eigenvalue weighted by Crippen LogP contribution is 2.04. The van der Waals surface area contributed by atoms with Crippen LogP contribution in [-0.4, -0.2) is 26.7 Å². The summed E-state index contributed by atoms with van der Waals surface area (Å²) in [6, 6.07) is -0.186. The van der Waals surface area contributed by atoms with Crippen LogP contribution in [0.4, 0.5) is 0 Å². The van der Waals surface area contributed by atoms with E-state index in [0.717, 1.165) is 6.42 Å². The highest BCUT2D eigenvalue weighted by Gasteiger charge is 2.17. The van der Waals surface area contributed by atoms with Crippen molar-refractivity contribution in [2.75, 3.05) is 0 Å². The Morgan fingerprint density at radius 2 is 2.31 bits per heavy atom. The van der Waals surface area contributed by atoms with Crippen molar-refractivity contribution in [3.63, 3.8) is 0 Å². The number of rotatable bonds is 5. The standard InChI is InChI=1S/C10H19N5O/c1-4-7(2)13-10(16)8(3)15-6-12-9(5-11)14-15/h6-8H,4-5,11H2,1-3H3,(H,13,16). The predicted molar refractivity (Wildman–Crippen MR) is 60.5 cm³/mol. The van der Waals surface area contributed by atoms with Gasteiger partial charge in [-0.3, -0.25) is 4.79 Å². The molecule has 0 bridgehead atoms. The van der Waals surface area contributed by atoms with Crippen molar-refractivity contribution in [3.8, 4) is 0 Å². The zero-order valence-corrected chi connectivity index (χ0v) is 9.97. The SMILES string of the molecule is CCC(C)NC(=O)C(C)n1cnc(CN)n1. The molecule has 0 fully saturated rings. The first-order valence-corrected chi connectivity index (χ1v) is 5.49. The summed E-state index contributed by atoms with van der Waals surface area (Å²) in [5, 5.41) is 7.00. The van der Waals surface area contributed by atoms with Crippen molar-refractivity contribution in [1.82, 2.24) is 20.1 Å². The molecule has 0 aliphatic carbocycles. The van der Waals surface area contributed by atoms with Crippen LogP contribution in [0, 0.1) is 0 Å². The van der Waals surface area contributed by atoms with Crippen LogP contribution in [-0.2, 0) is 11.3 Å². The molecule has 1 aromatic rings. The van der Waals surface area contributed by atoms with Gasteiger partial charge in [-0.25, -0.2) is 9.67 Å². The van der Waals surface area contributed by atoms with E-state index < -0.39 is 0 Å². The quantitative estimate of drug-likeness (QED) is 0.750.